The van der Waals surface area contributed by atoms with Gasteiger partial charge in [0.2, 0.25) is 0 Å². The Morgan fingerprint density at radius 2 is 1.48 bits per heavy atom. The maximum atomic E-state index is 12.5. The molecule has 0 saturated heterocycles. The van der Waals surface area contributed by atoms with Crippen LogP contribution in [0.1, 0.15) is 21.5 Å². The molecule has 0 radical (unpaired) electrons. The van der Waals surface area contributed by atoms with Gasteiger partial charge in [-0.3, -0.25) is 4.79 Å². The predicted octanol–water partition coefficient (Wildman–Crippen LogP) is 4.34. The number of nitrogens with one attached hydrogen (secondary N) is 1. The van der Waals surface area contributed by atoms with Gasteiger partial charge in [-0.25, -0.2) is 4.79 Å². The first-order chi connectivity index (χ1) is 14.2. The highest BCUT2D eigenvalue weighted by molar-refractivity contribution is 7.99. The van der Waals surface area contributed by atoms with Crippen LogP contribution in [0.3, 0.4) is 0 Å². The molecular weight excluding hydrogens is 382 g/mol. The highest BCUT2D eigenvalue weighted by Crippen LogP contribution is 2.16. The Balaban J connectivity index is 1.45. The maximum Gasteiger partial charge on any atom is 0.338 e. The van der Waals surface area contributed by atoms with Crippen molar-refractivity contribution in [2.75, 3.05) is 18.9 Å². The number of rotatable bonds is 9. The van der Waals surface area contributed by atoms with Crippen LogP contribution in [0.25, 0.3) is 0 Å². The van der Waals surface area contributed by atoms with Gasteiger partial charge in [0, 0.05) is 17.2 Å². The Bertz CT molecular complexity index is 929. The van der Waals surface area contributed by atoms with Gasteiger partial charge in [0.1, 0.15) is 0 Å². The Labute approximate surface area is 175 Å². The van der Waals surface area contributed by atoms with E-state index in [0.717, 1.165) is 21.8 Å². The standard InChI is InChI=1S/C24H23NO3S/c26-23(25-15-16-29-21-12-5-2-6-13-21)18-28-24(27)22-14-8-7-11-20(22)17-19-9-3-1-4-10-19/h1-14H,15-18H2,(H,25,26). The molecule has 3 aromatic carbocycles. The highest BCUT2D eigenvalue weighted by atomic mass is 32.2. The fourth-order valence-corrected chi connectivity index (χ4v) is 3.61. The monoisotopic (exact) mass is 405 g/mol. The Morgan fingerprint density at radius 3 is 2.24 bits per heavy atom. The minimum atomic E-state index is -0.481. The second-order valence-electron chi connectivity index (χ2n) is 6.41. The minimum Gasteiger partial charge on any atom is -0.452 e. The fraction of sp³-hybridized carbons (Fsp3) is 0.167. The van der Waals surface area contributed by atoms with E-state index >= 15 is 0 Å². The van der Waals surface area contributed by atoms with Crippen molar-refractivity contribution in [3.8, 4) is 0 Å². The van der Waals surface area contributed by atoms with Gasteiger partial charge in [0.15, 0.2) is 6.61 Å². The van der Waals surface area contributed by atoms with Crippen LogP contribution in [-0.4, -0.2) is 30.8 Å². The van der Waals surface area contributed by atoms with Crippen molar-refractivity contribution in [3.63, 3.8) is 0 Å². The molecule has 1 amide bonds. The molecule has 0 atom stereocenters. The summed E-state index contributed by atoms with van der Waals surface area (Å²) in [5.74, 6) is -0.0261. The van der Waals surface area contributed by atoms with Gasteiger partial charge >= 0.3 is 5.97 Å². The van der Waals surface area contributed by atoms with Crippen LogP contribution >= 0.6 is 11.8 Å². The summed E-state index contributed by atoms with van der Waals surface area (Å²) in [7, 11) is 0. The van der Waals surface area contributed by atoms with Crippen LogP contribution in [-0.2, 0) is 16.0 Å². The van der Waals surface area contributed by atoms with Gasteiger partial charge in [0.05, 0.1) is 5.56 Å². The highest BCUT2D eigenvalue weighted by Gasteiger charge is 2.14. The van der Waals surface area contributed by atoms with E-state index in [1.807, 2.05) is 72.8 Å². The summed E-state index contributed by atoms with van der Waals surface area (Å²) in [6.45, 7) is 0.231. The van der Waals surface area contributed by atoms with E-state index in [9.17, 15) is 9.59 Å². The number of carbonyl (C=O) groups is 2. The smallest absolute Gasteiger partial charge is 0.338 e. The number of amides is 1. The average Bonchev–Trinajstić information content (AvgIpc) is 2.77. The first kappa shape index (κ1) is 20.7. The molecule has 0 heterocycles. The number of esters is 1. The van der Waals surface area contributed by atoms with E-state index < -0.39 is 5.97 Å². The molecular formula is C24H23NO3S. The number of thioether (sulfide) groups is 1. The quantitative estimate of drug-likeness (QED) is 0.327. The molecule has 0 aliphatic carbocycles. The van der Waals surface area contributed by atoms with Crippen molar-refractivity contribution in [1.82, 2.24) is 5.32 Å². The molecule has 1 N–H and O–H groups in total. The van der Waals surface area contributed by atoms with E-state index in [0.29, 0.717) is 18.5 Å². The summed E-state index contributed by atoms with van der Waals surface area (Å²) in [6, 6.07) is 27.3. The summed E-state index contributed by atoms with van der Waals surface area (Å²) in [5, 5.41) is 2.78. The van der Waals surface area contributed by atoms with E-state index in [1.54, 1.807) is 23.9 Å². The van der Waals surface area contributed by atoms with E-state index in [1.165, 1.54) is 0 Å². The zero-order valence-corrected chi connectivity index (χ0v) is 16.9. The number of ether oxygens (including phenoxy) is 1. The lowest BCUT2D eigenvalue weighted by Crippen LogP contribution is -2.30. The third-order valence-corrected chi connectivity index (χ3v) is 5.26. The zero-order valence-electron chi connectivity index (χ0n) is 16.0. The molecule has 0 aliphatic rings. The second kappa shape index (κ2) is 11.1. The van der Waals surface area contributed by atoms with E-state index in [-0.39, 0.29) is 12.5 Å². The van der Waals surface area contributed by atoms with Gasteiger partial charge in [-0.05, 0) is 35.7 Å². The Kier molecular flexibility index (Phi) is 7.90. The van der Waals surface area contributed by atoms with Gasteiger partial charge in [-0.1, -0.05) is 66.7 Å². The summed E-state index contributed by atoms with van der Waals surface area (Å²) in [5.41, 5.74) is 2.48. The van der Waals surface area contributed by atoms with E-state index in [2.05, 4.69) is 5.32 Å². The molecule has 3 rings (SSSR count). The number of carbonyl (C=O) groups excluding carboxylic acids is 2. The van der Waals surface area contributed by atoms with Gasteiger partial charge < -0.3 is 10.1 Å². The summed E-state index contributed by atoms with van der Waals surface area (Å²) >= 11 is 1.66. The second-order valence-corrected chi connectivity index (χ2v) is 7.58. The van der Waals surface area contributed by atoms with Crippen LogP contribution in [0.4, 0.5) is 0 Å². The van der Waals surface area contributed by atoms with Crippen LogP contribution < -0.4 is 5.32 Å². The largest absolute Gasteiger partial charge is 0.452 e. The van der Waals surface area contributed by atoms with Crippen molar-refractivity contribution in [3.05, 3.63) is 102 Å². The fourth-order valence-electron chi connectivity index (χ4n) is 2.83. The minimum absolute atomic E-state index is 0.283. The third kappa shape index (κ3) is 6.80. The molecule has 0 aromatic heterocycles. The number of hydrogen-bond donors (Lipinski definition) is 1. The van der Waals surface area contributed by atoms with Crippen LogP contribution in [0.5, 0.6) is 0 Å². The molecule has 4 nitrogen and oxygen atoms in total. The molecule has 29 heavy (non-hydrogen) atoms. The van der Waals surface area contributed by atoms with Crippen molar-refractivity contribution in [1.29, 1.82) is 0 Å². The Hall–Kier alpha value is -3.05. The predicted molar refractivity (Wildman–Crippen MR) is 116 cm³/mol. The topological polar surface area (TPSA) is 55.4 Å². The lowest BCUT2D eigenvalue weighted by Gasteiger charge is -2.10. The summed E-state index contributed by atoms with van der Waals surface area (Å²) in [4.78, 5) is 25.6. The molecule has 5 heteroatoms. The summed E-state index contributed by atoms with van der Waals surface area (Å²) in [6.07, 6.45) is 0.634. The van der Waals surface area contributed by atoms with Gasteiger partial charge in [0.25, 0.3) is 5.91 Å². The lowest BCUT2D eigenvalue weighted by atomic mass is 10.00. The maximum absolute atomic E-state index is 12.5. The molecule has 0 aliphatic heterocycles. The SMILES string of the molecule is O=C(COC(=O)c1ccccc1Cc1ccccc1)NCCSc1ccccc1. The average molecular weight is 406 g/mol. The lowest BCUT2D eigenvalue weighted by molar-refractivity contribution is -0.124. The molecule has 0 spiro atoms. The molecule has 0 unspecified atom stereocenters. The third-order valence-electron chi connectivity index (χ3n) is 4.25. The Morgan fingerprint density at radius 1 is 0.828 bits per heavy atom. The molecule has 148 valence electrons. The first-order valence-electron chi connectivity index (χ1n) is 9.46. The molecule has 3 aromatic rings. The normalized spacial score (nSPS) is 10.3. The van der Waals surface area contributed by atoms with E-state index in [4.69, 9.17) is 4.74 Å². The van der Waals surface area contributed by atoms with Crippen molar-refractivity contribution in [2.45, 2.75) is 11.3 Å². The molecule has 0 saturated carbocycles. The van der Waals surface area contributed by atoms with Crippen LogP contribution in [0.15, 0.2) is 89.8 Å². The van der Waals surface area contributed by atoms with Gasteiger partial charge in [-0.2, -0.15) is 0 Å². The zero-order chi connectivity index (χ0) is 20.3. The molecule has 0 bridgehead atoms. The summed E-state index contributed by atoms with van der Waals surface area (Å²) < 4.78 is 5.23. The van der Waals surface area contributed by atoms with Crippen LogP contribution in [0, 0.1) is 0 Å². The molecule has 0 fully saturated rings. The van der Waals surface area contributed by atoms with Crippen molar-refractivity contribution < 1.29 is 14.3 Å². The van der Waals surface area contributed by atoms with Gasteiger partial charge in [-0.15, -0.1) is 11.8 Å². The van der Waals surface area contributed by atoms with Crippen LogP contribution in [0.2, 0.25) is 0 Å². The number of hydrogen-bond acceptors (Lipinski definition) is 4. The van der Waals surface area contributed by atoms with Crippen molar-refractivity contribution in [2.24, 2.45) is 0 Å². The first-order valence-corrected chi connectivity index (χ1v) is 10.4. The van der Waals surface area contributed by atoms with Crippen molar-refractivity contribution >= 4 is 23.6 Å². The number of benzene rings is 3.